The van der Waals surface area contributed by atoms with Gasteiger partial charge >= 0.3 is 0 Å². The maximum absolute atomic E-state index is 11.8. The Labute approximate surface area is 99.8 Å². The molecule has 0 unspecified atom stereocenters. The van der Waals surface area contributed by atoms with Crippen molar-refractivity contribution in [3.05, 3.63) is 0 Å². The van der Waals surface area contributed by atoms with Crippen molar-refractivity contribution in [2.75, 3.05) is 32.7 Å². The third-order valence-corrected chi connectivity index (χ3v) is 3.26. The highest BCUT2D eigenvalue weighted by Gasteiger charge is 2.22. The van der Waals surface area contributed by atoms with E-state index in [-0.39, 0.29) is 5.92 Å². The van der Waals surface area contributed by atoms with E-state index in [0.29, 0.717) is 5.91 Å². The molecule has 0 spiro atoms. The number of amides is 1. The molecule has 1 aliphatic rings. The number of unbranched alkanes of at least 4 members (excludes halogenated alkanes) is 2. The van der Waals surface area contributed by atoms with Gasteiger partial charge in [-0.25, -0.2) is 0 Å². The first-order valence-electron chi connectivity index (χ1n) is 6.66. The molecule has 1 rings (SSSR count). The lowest BCUT2D eigenvalue weighted by Gasteiger charge is -2.35. The molecule has 1 saturated heterocycles. The number of hydrogen-bond donors (Lipinski definition) is 0. The van der Waals surface area contributed by atoms with Gasteiger partial charge in [0.25, 0.3) is 0 Å². The monoisotopic (exact) mass is 226 g/mol. The number of nitrogens with zero attached hydrogens (tertiary/aromatic N) is 2. The van der Waals surface area contributed by atoms with Crippen molar-refractivity contribution in [1.82, 2.24) is 9.80 Å². The van der Waals surface area contributed by atoms with E-state index in [4.69, 9.17) is 0 Å². The summed E-state index contributed by atoms with van der Waals surface area (Å²) in [7, 11) is 0. The second-order valence-electron chi connectivity index (χ2n) is 5.03. The second-order valence-corrected chi connectivity index (χ2v) is 5.03. The summed E-state index contributed by atoms with van der Waals surface area (Å²) in [5, 5.41) is 0. The van der Waals surface area contributed by atoms with Gasteiger partial charge in [0.1, 0.15) is 0 Å². The molecule has 3 nitrogen and oxygen atoms in total. The van der Waals surface area contributed by atoms with Gasteiger partial charge in [-0.1, -0.05) is 33.6 Å². The van der Waals surface area contributed by atoms with Gasteiger partial charge in [-0.05, 0) is 13.0 Å². The number of carbonyl (C=O) groups excluding carboxylic acids is 1. The van der Waals surface area contributed by atoms with Gasteiger partial charge < -0.3 is 4.90 Å². The lowest BCUT2D eigenvalue weighted by molar-refractivity contribution is -0.136. The molecule has 0 aliphatic carbocycles. The number of carbonyl (C=O) groups is 1. The van der Waals surface area contributed by atoms with Crippen LogP contribution in [0.5, 0.6) is 0 Å². The first-order valence-corrected chi connectivity index (χ1v) is 6.66. The highest BCUT2D eigenvalue weighted by molar-refractivity contribution is 5.78. The van der Waals surface area contributed by atoms with Crippen molar-refractivity contribution >= 4 is 5.91 Å². The Morgan fingerprint density at radius 3 is 2.25 bits per heavy atom. The Balaban J connectivity index is 2.20. The van der Waals surface area contributed by atoms with E-state index in [1.54, 1.807) is 0 Å². The molecular weight excluding hydrogens is 200 g/mol. The van der Waals surface area contributed by atoms with Crippen LogP contribution in [0.15, 0.2) is 0 Å². The van der Waals surface area contributed by atoms with Crippen LogP contribution in [0.3, 0.4) is 0 Å². The van der Waals surface area contributed by atoms with E-state index in [9.17, 15) is 4.79 Å². The maximum Gasteiger partial charge on any atom is 0.225 e. The molecule has 94 valence electrons. The third kappa shape index (κ3) is 4.12. The van der Waals surface area contributed by atoms with Crippen molar-refractivity contribution in [1.29, 1.82) is 0 Å². The van der Waals surface area contributed by atoms with Crippen LogP contribution in [-0.2, 0) is 4.79 Å². The first kappa shape index (κ1) is 13.5. The first-order chi connectivity index (χ1) is 7.65. The molecule has 0 radical (unpaired) electrons. The highest BCUT2D eigenvalue weighted by Crippen LogP contribution is 2.08. The van der Waals surface area contributed by atoms with Crippen LogP contribution in [0.25, 0.3) is 0 Å². The van der Waals surface area contributed by atoms with Gasteiger partial charge in [-0.3, -0.25) is 9.69 Å². The topological polar surface area (TPSA) is 23.6 Å². The lowest BCUT2D eigenvalue weighted by atomic mass is 10.1. The molecule has 1 heterocycles. The molecule has 0 saturated carbocycles. The number of hydrogen-bond acceptors (Lipinski definition) is 2. The molecule has 3 heteroatoms. The Morgan fingerprint density at radius 1 is 1.12 bits per heavy atom. The van der Waals surface area contributed by atoms with Crippen molar-refractivity contribution in [2.24, 2.45) is 5.92 Å². The van der Waals surface area contributed by atoms with Crippen molar-refractivity contribution in [2.45, 2.75) is 40.0 Å². The Bertz CT molecular complexity index is 208. The summed E-state index contributed by atoms with van der Waals surface area (Å²) in [6.45, 7) is 11.4. The number of rotatable bonds is 5. The minimum absolute atomic E-state index is 0.145. The zero-order valence-corrected chi connectivity index (χ0v) is 11.0. The van der Waals surface area contributed by atoms with E-state index in [0.717, 1.165) is 26.2 Å². The Morgan fingerprint density at radius 2 is 1.75 bits per heavy atom. The van der Waals surface area contributed by atoms with Crippen LogP contribution < -0.4 is 0 Å². The molecule has 0 aromatic rings. The van der Waals surface area contributed by atoms with Crippen LogP contribution >= 0.6 is 0 Å². The quantitative estimate of drug-likeness (QED) is 0.669. The zero-order valence-electron chi connectivity index (χ0n) is 11.0. The van der Waals surface area contributed by atoms with Gasteiger partial charge in [0.05, 0.1) is 0 Å². The molecule has 0 atom stereocenters. The number of piperazine rings is 1. The Hall–Kier alpha value is -0.570. The van der Waals surface area contributed by atoms with Crippen molar-refractivity contribution < 1.29 is 4.79 Å². The molecular formula is C13H26N2O. The predicted octanol–water partition coefficient (Wildman–Crippen LogP) is 1.98. The van der Waals surface area contributed by atoms with Crippen LogP contribution in [0.4, 0.5) is 0 Å². The van der Waals surface area contributed by atoms with Gasteiger partial charge in [-0.2, -0.15) is 0 Å². The van der Waals surface area contributed by atoms with Gasteiger partial charge in [-0.15, -0.1) is 0 Å². The molecule has 1 amide bonds. The van der Waals surface area contributed by atoms with Crippen LogP contribution in [0.2, 0.25) is 0 Å². The summed E-state index contributed by atoms with van der Waals surface area (Å²) in [5.41, 5.74) is 0. The van der Waals surface area contributed by atoms with E-state index >= 15 is 0 Å². The third-order valence-electron chi connectivity index (χ3n) is 3.26. The molecule has 0 aromatic heterocycles. The average molecular weight is 226 g/mol. The van der Waals surface area contributed by atoms with E-state index in [1.165, 1.54) is 25.8 Å². The zero-order chi connectivity index (χ0) is 12.0. The minimum atomic E-state index is 0.145. The van der Waals surface area contributed by atoms with E-state index in [1.807, 2.05) is 18.7 Å². The van der Waals surface area contributed by atoms with Crippen molar-refractivity contribution in [3.8, 4) is 0 Å². The normalized spacial score (nSPS) is 18.1. The molecule has 0 aromatic carbocycles. The summed E-state index contributed by atoms with van der Waals surface area (Å²) in [4.78, 5) is 16.3. The van der Waals surface area contributed by atoms with E-state index in [2.05, 4.69) is 11.8 Å². The summed E-state index contributed by atoms with van der Waals surface area (Å²) >= 11 is 0. The fraction of sp³-hybridized carbons (Fsp3) is 0.923. The molecule has 1 fully saturated rings. The van der Waals surface area contributed by atoms with Crippen LogP contribution in [0, 0.1) is 5.92 Å². The summed E-state index contributed by atoms with van der Waals surface area (Å²) in [5.74, 6) is 0.458. The standard InChI is InChI=1S/C13H26N2O/c1-4-5-6-7-14-8-10-15(11-9-14)13(16)12(2)3/h12H,4-11H2,1-3H3. The Kier molecular flexibility index (Phi) is 5.81. The second kappa shape index (κ2) is 6.89. The summed E-state index contributed by atoms with van der Waals surface area (Å²) < 4.78 is 0. The molecule has 0 N–H and O–H groups in total. The molecule has 0 bridgehead atoms. The van der Waals surface area contributed by atoms with Crippen LogP contribution in [0.1, 0.15) is 40.0 Å². The summed E-state index contributed by atoms with van der Waals surface area (Å²) in [6.07, 6.45) is 3.91. The van der Waals surface area contributed by atoms with Gasteiger partial charge in [0.2, 0.25) is 5.91 Å². The van der Waals surface area contributed by atoms with Gasteiger partial charge in [0, 0.05) is 32.1 Å². The fourth-order valence-corrected chi connectivity index (χ4v) is 2.14. The SMILES string of the molecule is CCCCCN1CCN(C(=O)C(C)C)CC1. The lowest BCUT2D eigenvalue weighted by Crippen LogP contribution is -2.49. The molecule has 16 heavy (non-hydrogen) atoms. The van der Waals surface area contributed by atoms with Crippen molar-refractivity contribution in [3.63, 3.8) is 0 Å². The van der Waals surface area contributed by atoms with E-state index < -0.39 is 0 Å². The smallest absolute Gasteiger partial charge is 0.225 e. The highest BCUT2D eigenvalue weighted by atomic mass is 16.2. The predicted molar refractivity (Wildman–Crippen MR) is 67.4 cm³/mol. The largest absolute Gasteiger partial charge is 0.340 e. The average Bonchev–Trinajstić information content (AvgIpc) is 2.29. The summed E-state index contributed by atoms with van der Waals surface area (Å²) in [6, 6.07) is 0. The maximum atomic E-state index is 11.8. The molecule has 1 aliphatic heterocycles. The fourth-order valence-electron chi connectivity index (χ4n) is 2.14. The van der Waals surface area contributed by atoms with Crippen LogP contribution in [-0.4, -0.2) is 48.4 Å². The van der Waals surface area contributed by atoms with Gasteiger partial charge in [0.15, 0.2) is 0 Å². The minimum Gasteiger partial charge on any atom is -0.340 e.